The van der Waals surface area contributed by atoms with E-state index in [1.165, 1.54) is 25.7 Å². The van der Waals surface area contributed by atoms with E-state index in [0.29, 0.717) is 11.6 Å². The third-order valence-corrected chi connectivity index (χ3v) is 4.44. The van der Waals surface area contributed by atoms with Crippen LogP contribution in [0.4, 0.5) is 5.82 Å². The van der Waals surface area contributed by atoms with Crippen LogP contribution in [-0.2, 0) is 6.42 Å². The van der Waals surface area contributed by atoms with Gasteiger partial charge in [-0.25, -0.2) is 9.78 Å². The summed E-state index contributed by atoms with van der Waals surface area (Å²) in [5.41, 5.74) is 1.22. The summed E-state index contributed by atoms with van der Waals surface area (Å²) in [5, 5.41) is 9.29. The van der Waals surface area contributed by atoms with Crippen LogP contribution in [0.1, 0.15) is 62.0 Å². The number of nitrogens with zero attached hydrogens (tertiary/aromatic N) is 2. The second kappa shape index (κ2) is 6.92. The van der Waals surface area contributed by atoms with Gasteiger partial charge in [0.2, 0.25) is 0 Å². The van der Waals surface area contributed by atoms with Gasteiger partial charge in [-0.3, -0.25) is 0 Å². The number of aryl methyl sites for hydroxylation is 1. The van der Waals surface area contributed by atoms with Crippen molar-refractivity contribution in [3.05, 3.63) is 23.4 Å². The van der Waals surface area contributed by atoms with Crippen molar-refractivity contribution >= 4 is 11.8 Å². The molecule has 4 nitrogen and oxygen atoms in total. The summed E-state index contributed by atoms with van der Waals surface area (Å²) >= 11 is 0. The van der Waals surface area contributed by atoms with E-state index < -0.39 is 5.97 Å². The lowest BCUT2D eigenvalue weighted by atomic mass is 9.86. The Kier molecular flexibility index (Phi) is 5.21. The fourth-order valence-electron chi connectivity index (χ4n) is 3.20. The van der Waals surface area contributed by atoms with Gasteiger partial charge in [-0.2, -0.15) is 0 Å². The van der Waals surface area contributed by atoms with E-state index in [1.54, 1.807) is 12.1 Å². The molecule has 1 aromatic heterocycles. The second-order valence-corrected chi connectivity index (χ2v) is 6.30. The van der Waals surface area contributed by atoms with E-state index in [9.17, 15) is 9.90 Å². The molecule has 1 aliphatic carbocycles. The first-order chi connectivity index (χ1) is 10.0. The summed E-state index contributed by atoms with van der Waals surface area (Å²) in [5.74, 6) is 0.669. The summed E-state index contributed by atoms with van der Waals surface area (Å²) in [7, 11) is 2.05. The Morgan fingerprint density at radius 1 is 1.43 bits per heavy atom. The van der Waals surface area contributed by atoms with Gasteiger partial charge in [-0.05, 0) is 37.3 Å². The number of pyridine rings is 1. The van der Waals surface area contributed by atoms with Gasteiger partial charge in [0, 0.05) is 18.8 Å². The number of carboxylic acids is 1. The summed E-state index contributed by atoms with van der Waals surface area (Å²) in [6.45, 7) is 4.38. The molecule has 1 aromatic rings. The SMILES string of the molecule is CCCc1cc(C(=O)O)cc(N(C)C2CCCC(C)C2)n1. The highest BCUT2D eigenvalue weighted by atomic mass is 16.4. The summed E-state index contributed by atoms with van der Waals surface area (Å²) in [4.78, 5) is 18.2. The summed E-state index contributed by atoms with van der Waals surface area (Å²) in [6, 6.07) is 3.88. The molecule has 2 atom stereocenters. The fraction of sp³-hybridized carbons (Fsp3) is 0.647. The van der Waals surface area contributed by atoms with Crippen LogP contribution in [0.3, 0.4) is 0 Å². The smallest absolute Gasteiger partial charge is 0.335 e. The lowest BCUT2D eigenvalue weighted by Gasteiger charge is -2.35. The zero-order valence-corrected chi connectivity index (χ0v) is 13.3. The molecule has 116 valence electrons. The number of anilines is 1. The Labute approximate surface area is 127 Å². The topological polar surface area (TPSA) is 53.4 Å². The first kappa shape index (κ1) is 15.8. The molecular weight excluding hydrogens is 264 g/mol. The zero-order valence-electron chi connectivity index (χ0n) is 13.3. The van der Waals surface area contributed by atoms with E-state index in [0.717, 1.165) is 30.3 Å². The van der Waals surface area contributed by atoms with Crippen LogP contribution in [0.15, 0.2) is 12.1 Å². The third-order valence-electron chi connectivity index (χ3n) is 4.44. The maximum Gasteiger partial charge on any atom is 0.335 e. The van der Waals surface area contributed by atoms with Crippen LogP contribution < -0.4 is 4.90 Å². The van der Waals surface area contributed by atoms with Gasteiger partial charge in [-0.1, -0.05) is 33.1 Å². The minimum Gasteiger partial charge on any atom is -0.478 e. The first-order valence-electron chi connectivity index (χ1n) is 7.98. The van der Waals surface area contributed by atoms with Crippen LogP contribution in [0.5, 0.6) is 0 Å². The van der Waals surface area contributed by atoms with Crippen LogP contribution in [0, 0.1) is 5.92 Å². The molecule has 1 N–H and O–H groups in total. The largest absolute Gasteiger partial charge is 0.478 e. The minimum absolute atomic E-state index is 0.346. The van der Waals surface area contributed by atoms with Gasteiger partial charge in [-0.15, -0.1) is 0 Å². The highest BCUT2D eigenvalue weighted by Gasteiger charge is 2.24. The quantitative estimate of drug-likeness (QED) is 0.897. The Bertz CT molecular complexity index is 502. The van der Waals surface area contributed by atoms with Crippen molar-refractivity contribution in [3.63, 3.8) is 0 Å². The molecule has 1 fully saturated rings. The van der Waals surface area contributed by atoms with Gasteiger partial charge < -0.3 is 10.0 Å². The van der Waals surface area contributed by atoms with E-state index >= 15 is 0 Å². The number of hydrogen-bond donors (Lipinski definition) is 1. The standard InChI is InChI=1S/C17H26N2O2/c1-4-6-14-10-13(17(20)21)11-16(18-14)19(3)15-8-5-7-12(2)9-15/h10-12,15H,4-9H2,1-3H3,(H,20,21). The van der Waals surface area contributed by atoms with Gasteiger partial charge in [0.05, 0.1) is 5.56 Å². The molecule has 0 radical (unpaired) electrons. The Hall–Kier alpha value is -1.58. The van der Waals surface area contributed by atoms with E-state index in [2.05, 4.69) is 23.7 Å². The molecule has 2 unspecified atom stereocenters. The van der Waals surface area contributed by atoms with E-state index in [-0.39, 0.29) is 0 Å². The highest BCUT2D eigenvalue weighted by molar-refractivity contribution is 5.88. The van der Waals surface area contributed by atoms with E-state index in [1.807, 2.05) is 7.05 Å². The molecule has 1 saturated carbocycles. The average molecular weight is 290 g/mol. The fourth-order valence-corrected chi connectivity index (χ4v) is 3.20. The first-order valence-corrected chi connectivity index (χ1v) is 7.98. The van der Waals surface area contributed by atoms with Crippen molar-refractivity contribution in [3.8, 4) is 0 Å². The molecule has 4 heteroatoms. The van der Waals surface area contributed by atoms with Crippen LogP contribution >= 0.6 is 0 Å². The molecule has 1 heterocycles. The zero-order chi connectivity index (χ0) is 15.4. The molecule has 0 aromatic carbocycles. The summed E-state index contributed by atoms with van der Waals surface area (Å²) < 4.78 is 0. The lowest BCUT2D eigenvalue weighted by Crippen LogP contribution is -2.36. The van der Waals surface area contributed by atoms with Crippen LogP contribution in [-0.4, -0.2) is 29.1 Å². The maximum atomic E-state index is 11.3. The third kappa shape index (κ3) is 3.96. The molecule has 1 aliphatic rings. The van der Waals surface area contributed by atoms with Crippen LogP contribution in [0.25, 0.3) is 0 Å². The highest BCUT2D eigenvalue weighted by Crippen LogP contribution is 2.29. The molecule has 21 heavy (non-hydrogen) atoms. The molecule has 0 saturated heterocycles. The normalized spacial score (nSPS) is 22.0. The van der Waals surface area contributed by atoms with Gasteiger partial charge >= 0.3 is 5.97 Å². The Morgan fingerprint density at radius 3 is 2.81 bits per heavy atom. The molecule has 0 bridgehead atoms. The molecule has 2 rings (SSSR count). The number of carbonyl (C=O) groups is 1. The minimum atomic E-state index is -0.874. The average Bonchev–Trinajstić information content (AvgIpc) is 2.46. The predicted molar refractivity (Wildman–Crippen MR) is 85.0 cm³/mol. The Balaban J connectivity index is 2.26. The predicted octanol–water partition coefficient (Wildman–Crippen LogP) is 3.75. The number of rotatable bonds is 5. The monoisotopic (exact) mass is 290 g/mol. The molecular formula is C17H26N2O2. The van der Waals surface area contributed by atoms with Gasteiger partial charge in [0.25, 0.3) is 0 Å². The van der Waals surface area contributed by atoms with Gasteiger partial charge in [0.1, 0.15) is 5.82 Å². The summed E-state index contributed by atoms with van der Waals surface area (Å²) in [6.07, 6.45) is 6.68. The van der Waals surface area contributed by atoms with Crippen molar-refractivity contribution < 1.29 is 9.90 Å². The number of aromatic nitrogens is 1. The Morgan fingerprint density at radius 2 is 2.19 bits per heavy atom. The van der Waals surface area contributed by atoms with E-state index in [4.69, 9.17) is 0 Å². The maximum absolute atomic E-state index is 11.3. The lowest BCUT2D eigenvalue weighted by molar-refractivity contribution is 0.0696. The van der Waals surface area contributed by atoms with Crippen molar-refractivity contribution in [1.29, 1.82) is 0 Å². The molecule has 0 aliphatic heterocycles. The molecule has 0 spiro atoms. The van der Waals surface area contributed by atoms with Crippen molar-refractivity contribution in [2.75, 3.05) is 11.9 Å². The second-order valence-electron chi connectivity index (χ2n) is 6.30. The number of aromatic carboxylic acids is 1. The molecule has 0 amide bonds. The van der Waals surface area contributed by atoms with Crippen molar-refractivity contribution in [2.24, 2.45) is 5.92 Å². The number of hydrogen-bond acceptors (Lipinski definition) is 3. The van der Waals surface area contributed by atoms with Crippen LogP contribution in [0.2, 0.25) is 0 Å². The van der Waals surface area contributed by atoms with Crippen molar-refractivity contribution in [1.82, 2.24) is 4.98 Å². The van der Waals surface area contributed by atoms with Crippen molar-refractivity contribution in [2.45, 2.75) is 58.4 Å². The van der Waals surface area contributed by atoms with Gasteiger partial charge in [0.15, 0.2) is 0 Å². The number of carboxylic acid groups (broad SMARTS) is 1.